The second kappa shape index (κ2) is 6.93. The number of fused-ring (bicyclic) bond motifs is 3. The van der Waals surface area contributed by atoms with Gasteiger partial charge in [-0.15, -0.1) is 11.3 Å². The van der Waals surface area contributed by atoms with Crippen molar-refractivity contribution in [2.24, 2.45) is 0 Å². The number of anilines is 1. The largest absolute Gasteiger partial charge is 0.460 e. The number of aromatic nitrogens is 2. The van der Waals surface area contributed by atoms with Gasteiger partial charge in [-0.3, -0.25) is 4.57 Å². The summed E-state index contributed by atoms with van der Waals surface area (Å²) in [4.78, 5) is 18.6. The molecule has 1 aliphatic rings. The summed E-state index contributed by atoms with van der Waals surface area (Å²) >= 11 is 1.61. The molecule has 2 aromatic heterocycles. The van der Waals surface area contributed by atoms with E-state index in [2.05, 4.69) is 14.9 Å². The van der Waals surface area contributed by atoms with Gasteiger partial charge in [0.25, 0.3) is 0 Å². The Morgan fingerprint density at radius 3 is 2.88 bits per heavy atom. The van der Waals surface area contributed by atoms with Crippen molar-refractivity contribution in [2.75, 3.05) is 25.6 Å². The fourth-order valence-electron chi connectivity index (χ4n) is 3.24. The van der Waals surface area contributed by atoms with Crippen LogP contribution < -0.4 is 5.32 Å². The molecule has 1 aromatic carbocycles. The maximum absolute atomic E-state index is 12.9. The summed E-state index contributed by atoms with van der Waals surface area (Å²) in [7, 11) is 1.58. The second-order valence-corrected chi connectivity index (χ2v) is 6.98. The Morgan fingerprint density at radius 1 is 1.27 bits per heavy atom. The minimum Gasteiger partial charge on any atom is -0.460 e. The number of hydrogen-bond donors (Lipinski definition) is 1. The van der Waals surface area contributed by atoms with Crippen LogP contribution in [-0.2, 0) is 14.3 Å². The van der Waals surface area contributed by atoms with Crippen molar-refractivity contribution in [3.8, 4) is 0 Å². The summed E-state index contributed by atoms with van der Waals surface area (Å²) in [6.07, 6.45) is 0. The third-order valence-electron chi connectivity index (χ3n) is 4.38. The van der Waals surface area contributed by atoms with Gasteiger partial charge in [-0.25, -0.2) is 9.78 Å². The lowest BCUT2D eigenvalue weighted by molar-refractivity contribution is -0.140. The number of hydrogen-bond acceptors (Lipinski definition) is 6. The molecule has 1 N–H and O–H groups in total. The van der Waals surface area contributed by atoms with Gasteiger partial charge in [0.1, 0.15) is 12.6 Å². The van der Waals surface area contributed by atoms with E-state index in [0.717, 1.165) is 27.6 Å². The van der Waals surface area contributed by atoms with Gasteiger partial charge >= 0.3 is 5.97 Å². The molecule has 7 heteroatoms. The molecule has 0 saturated heterocycles. The van der Waals surface area contributed by atoms with Crippen molar-refractivity contribution in [1.29, 1.82) is 0 Å². The van der Waals surface area contributed by atoms with Gasteiger partial charge in [-0.2, -0.15) is 0 Å². The molecule has 0 amide bonds. The first-order chi connectivity index (χ1) is 12.7. The molecule has 3 heterocycles. The lowest BCUT2D eigenvalue weighted by Crippen LogP contribution is -2.29. The highest BCUT2D eigenvalue weighted by atomic mass is 32.1. The van der Waals surface area contributed by atoms with E-state index in [1.807, 2.05) is 48.7 Å². The quantitative estimate of drug-likeness (QED) is 0.550. The van der Waals surface area contributed by atoms with Crippen LogP contribution in [0.3, 0.4) is 0 Å². The number of rotatable bonds is 5. The third-order valence-corrected chi connectivity index (χ3v) is 5.31. The van der Waals surface area contributed by atoms with Crippen LogP contribution in [0, 0.1) is 0 Å². The number of ether oxygens (including phenoxy) is 2. The fourth-order valence-corrected chi connectivity index (χ4v) is 4.06. The van der Waals surface area contributed by atoms with E-state index >= 15 is 0 Å². The first kappa shape index (κ1) is 16.8. The molecule has 0 fully saturated rings. The third kappa shape index (κ3) is 2.79. The molecule has 0 spiro atoms. The number of para-hydroxylation sites is 2. The Labute approximate surface area is 155 Å². The molecule has 0 radical (unpaired) electrons. The predicted octanol–water partition coefficient (Wildman–Crippen LogP) is 3.58. The highest BCUT2D eigenvalue weighted by Crippen LogP contribution is 2.40. The van der Waals surface area contributed by atoms with Crippen molar-refractivity contribution in [3.05, 3.63) is 57.9 Å². The maximum Gasteiger partial charge on any atom is 0.338 e. The summed E-state index contributed by atoms with van der Waals surface area (Å²) in [6.45, 7) is 2.48. The average molecular weight is 369 g/mol. The highest BCUT2D eigenvalue weighted by Gasteiger charge is 2.35. The Balaban J connectivity index is 1.84. The van der Waals surface area contributed by atoms with Crippen LogP contribution >= 0.6 is 11.3 Å². The summed E-state index contributed by atoms with van der Waals surface area (Å²) in [6, 6.07) is 11.7. The average Bonchev–Trinajstić information content (AvgIpc) is 3.28. The number of benzene rings is 1. The van der Waals surface area contributed by atoms with Crippen LogP contribution in [0.15, 0.2) is 53.0 Å². The number of imidazole rings is 1. The fraction of sp³-hybridized carbons (Fsp3) is 0.263. The monoisotopic (exact) mass is 369 g/mol. The number of allylic oxidation sites excluding steroid dienone is 1. The summed E-state index contributed by atoms with van der Waals surface area (Å²) in [5.41, 5.74) is 3.22. The van der Waals surface area contributed by atoms with Gasteiger partial charge in [0.2, 0.25) is 5.95 Å². The van der Waals surface area contributed by atoms with Gasteiger partial charge in [-0.1, -0.05) is 18.2 Å². The highest BCUT2D eigenvalue weighted by molar-refractivity contribution is 7.10. The molecular formula is C19H19N3O3S. The minimum absolute atomic E-state index is 0.223. The zero-order valence-corrected chi connectivity index (χ0v) is 15.4. The SMILES string of the molecule is COCCOC(=O)C1=C(C)Nc2nc3ccccc3n2[C@@H]1c1cccs1. The molecule has 3 aromatic rings. The molecule has 4 rings (SSSR count). The number of nitrogens with zero attached hydrogens (tertiary/aromatic N) is 2. The first-order valence-electron chi connectivity index (χ1n) is 8.35. The number of carbonyl (C=O) groups excluding carboxylic acids is 1. The normalized spacial score (nSPS) is 16.5. The molecule has 6 nitrogen and oxygen atoms in total. The van der Waals surface area contributed by atoms with Crippen molar-refractivity contribution >= 4 is 34.3 Å². The second-order valence-electron chi connectivity index (χ2n) is 6.00. The van der Waals surface area contributed by atoms with Crippen LogP contribution in [0.2, 0.25) is 0 Å². The Hall–Kier alpha value is -2.64. The van der Waals surface area contributed by atoms with Gasteiger partial charge in [0, 0.05) is 17.7 Å². The van der Waals surface area contributed by atoms with E-state index in [4.69, 9.17) is 9.47 Å². The molecule has 0 saturated carbocycles. The number of nitrogens with one attached hydrogen (secondary N) is 1. The summed E-state index contributed by atoms with van der Waals surface area (Å²) < 4.78 is 12.5. The molecule has 134 valence electrons. The van der Waals surface area contributed by atoms with Crippen molar-refractivity contribution in [1.82, 2.24) is 9.55 Å². The van der Waals surface area contributed by atoms with E-state index < -0.39 is 0 Å². The molecule has 1 aliphatic heterocycles. The van der Waals surface area contributed by atoms with E-state index in [0.29, 0.717) is 12.2 Å². The Morgan fingerprint density at radius 2 is 2.12 bits per heavy atom. The van der Waals surface area contributed by atoms with Crippen molar-refractivity contribution < 1.29 is 14.3 Å². The maximum atomic E-state index is 12.9. The molecule has 26 heavy (non-hydrogen) atoms. The number of methoxy groups -OCH3 is 1. The van der Waals surface area contributed by atoms with Crippen LogP contribution in [0.25, 0.3) is 11.0 Å². The summed E-state index contributed by atoms with van der Waals surface area (Å²) in [5.74, 6) is 0.393. The van der Waals surface area contributed by atoms with Crippen LogP contribution in [-0.4, -0.2) is 35.8 Å². The van der Waals surface area contributed by atoms with E-state index in [1.165, 1.54) is 0 Å². The van der Waals surface area contributed by atoms with Gasteiger partial charge in [-0.05, 0) is 30.5 Å². The molecule has 0 bridgehead atoms. The zero-order valence-electron chi connectivity index (χ0n) is 14.6. The number of thiophene rings is 1. The first-order valence-corrected chi connectivity index (χ1v) is 9.23. The van der Waals surface area contributed by atoms with Crippen molar-refractivity contribution in [2.45, 2.75) is 13.0 Å². The van der Waals surface area contributed by atoms with E-state index in [-0.39, 0.29) is 18.6 Å². The van der Waals surface area contributed by atoms with Gasteiger partial charge in [0.05, 0.1) is 23.2 Å². The van der Waals surface area contributed by atoms with Crippen LogP contribution in [0.1, 0.15) is 17.8 Å². The Kier molecular flexibility index (Phi) is 4.48. The minimum atomic E-state index is -0.339. The van der Waals surface area contributed by atoms with E-state index in [9.17, 15) is 4.79 Å². The van der Waals surface area contributed by atoms with Crippen LogP contribution in [0.5, 0.6) is 0 Å². The lowest BCUT2D eigenvalue weighted by atomic mass is 10.0. The smallest absolute Gasteiger partial charge is 0.338 e. The zero-order chi connectivity index (χ0) is 18.1. The van der Waals surface area contributed by atoms with Crippen molar-refractivity contribution in [3.63, 3.8) is 0 Å². The standard InChI is InChI=1S/C19H19N3O3S/c1-12-16(18(23)25-10-9-24-2)17(15-8-5-11-26-15)22-14-7-4-3-6-13(14)21-19(22)20-12/h3-8,11,17H,9-10H2,1-2H3,(H,20,21)/t17-/m1/s1. The predicted molar refractivity (Wildman–Crippen MR) is 101 cm³/mol. The number of carbonyl (C=O) groups is 1. The topological polar surface area (TPSA) is 65.4 Å². The van der Waals surface area contributed by atoms with E-state index in [1.54, 1.807) is 18.4 Å². The van der Waals surface area contributed by atoms with Gasteiger partial charge < -0.3 is 14.8 Å². The molecular weight excluding hydrogens is 350 g/mol. The summed E-state index contributed by atoms with van der Waals surface area (Å²) in [5, 5.41) is 5.28. The number of esters is 1. The lowest BCUT2D eigenvalue weighted by Gasteiger charge is -2.29. The molecule has 0 aliphatic carbocycles. The van der Waals surface area contributed by atoms with Gasteiger partial charge in [0.15, 0.2) is 0 Å². The van der Waals surface area contributed by atoms with Crippen LogP contribution in [0.4, 0.5) is 5.95 Å². The molecule has 0 unspecified atom stereocenters. The Bertz CT molecular complexity index is 975. The molecule has 1 atom stereocenters.